The number of H-pyrrole nitrogens is 1. The number of fused-ring (bicyclic) bond motifs is 1. The Morgan fingerprint density at radius 2 is 1.88 bits per heavy atom. The molecule has 2 aromatic carbocycles. The Hall–Kier alpha value is -3.08. The second-order valence-electron chi connectivity index (χ2n) is 6.41. The number of hydrogen-bond acceptors (Lipinski definition) is 4. The van der Waals surface area contributed by atoms with E-state index >= 15 is 0 Å². The number of imidazole rings is 1. The summed E-state index contributed by atoms with van der Waals surface area (Å²) in [5.74, 6) is 1.43. The molecule has 0 aliphatic carbocycles. The SMILES string of the molecule is Cc1noc(C)c1-c1cc(C(C)c2ccccc2)c2[nH]c(N)nc2c1. The zero-order valence-electron chi connectivity index (χ0n) is 14.5. The molecule has 1 unspecified atom stereocenters. The highest BCUT2D eigenvalue weighted by atomic mass is 16.5. The van der Waals surface area contributed by atoms with Crippen LogP contribution in [0, 0.1) is 13.8 Å². The van der Waals surface area contributed by atoms with Gasteiger partial charge in [-0.25, -0.2) is 4.98 Å². The van der Waals surface area contributed by atoms with E-state index in [0.29, 0.717) is 5.95 Å². The third-order valence-electron chi connectivity index (χ3n) is 4.73. The Labute approximate surface area is 145 Å². The van der Waals surface area contributed by atoms with Gasteiger partial charge in [0, 0.05) is 11.5 Å². The largest absolute Gasteiger partial charge is 0.369 e. The van der Waals surface area contributed by atoms with E-state index in [1.165, 1.54) is 5.56 Å². The number of aromatic nitrogens is 3. The third-order valence-corrected chi connectivity index (χ3v) is 4.73. The number of rotatable bonds is 3. The highest BCUT2D eigenvalue weighted by Crippen LogP contribution is 2.36. The van der Waals surface area contributed by atoms with Gasteiger partial charge in [0.15, 0.2) is 5.95 Å². The van der Waals surface area contributed by atoms with Crippen molar-refractivity contribution in [3.05, 3.63) is 65.0 Å². The van der Waals surface area contributed by atoms with Crippen molar-refractivity contribution in [1.82, 2.24) is 15.1 Å². The summed E-state index contributed by atoms with van der Waals surface area (Å²) in [6.07, 6.45) is 0. The highest BCUT2D eigenvalue weighted by Gasteiger charge is 2.19. The van der Waals surface area contributed by atoms with Crippen molar-refractivity contribution < 1.29 is 4.52 Å². The molecule has 0 bridgehead atoms. The summed E-state index contributed by atoms with van der Waals surface area (Å²) in [4.78, 5) is 7.66. The van der Waals surface area contributed by atoms with Crippen molar-refractivity contribution in [2.75, 3.05) is 5.73 Å². The minimum absolute atomic E-state index is 0.198. The number of nitrogen functional groups attached to an aromatic ring is 1. The van der Waals surface area contributed by atoms with Gasteiger partial charge in [0.25, 0.3) is 0 Å². The maximum Gasteiger partial charge on any atom is 0.198 e. The molecule has 5 nitrogen and oxygen atoms in total. The maximum absolute atomic E-state index is 5.93. The summed E-state index contributed by atoms with van der Waals surface area (Å²) in [7, 11) is 0. The van der Waals surface area contributed by atoms with E-state index in [0.717, 1.165) is 39.2 Å². The molecule has 0 radical (unpaired) electrons. The first kappa shape index (κ1) is 15.4. The molecule has 1 atom stereocenters. The Kier molecular flexibility index (Phi) is 3.57. The van der Waals surface area contributed by atoms with E-state index in [-0.39, 0.29) is 5.92 Å². The van der Waals surface area contributed by atoms with Gasteiger partial charge in [-0.1, -0.05) is 42.4 Å². The number of anilines is 1. The molecule has 5 heteroatoms. The first-order valence-corrected chi connectivity index (χ1v) is 8.32. The van der Waals surface area contributed by atoms with Crippen molar-refractivity contribution in [3.8, 4) is 11.1 Å². The second kappa shape index (κ2) is 5.77. The smallest absolute Gasteiger partial charge is 0.198 e. The van der Waals surface area contributed by atoms with Crippen LogP contribution in [-0.2, 0) is 0 Å². The van der Waals surface area contributed by atoms with Crippen LogP contribution in [-0.4, -0.2) is 15.1 Å². The van der Waals surface area contributed by atoms with E-state index in [2.05, 4.69) is 52.4 Å². The number of nitrogens with two attached hydrogens (primary N) is 1. The van der Waals surface area contributed by atoms with Crippen LogP contribution in [0.1, 0.15) is 35.4 Å². The molecule has 2 aromatic heterocycles. The van der Waals surface area contributed by atoms with Gasteiger partial charge in [0.05, 0.1) is 16.7 Å². The average molecular weight is 332 g/mol. The molecule has 4 aromatic rings. The summed E-state index contributed by atoms with van der Waals surface area (Å²) >= 11 is 0. The van der Waals surface area contributed by atoms with Gasteiger partial charge in [0.2, 0.25) is 0 Å². The summed E-state index contributed by atoms with van der Waals surface area (Å²) in [6.45, 7) is 6.08. The molecule has 0 spiro atoms. The summed E-state index contributed by atoms with van der Waals surface area (Å²) < 4.78 is 5.35. The van der Waals surface area contributed by atoms with Gasteiger partial charge in [0.1, 0.15) is 5.76 Å². The van der Waals surface area contributed by atoms with Crippen molar-refractivity contribution >= 4 is 17.0 Å². The van der Waals surface area contributed by atoms with Crippen LogP contribution in [0.15, 0.2) is 47.0 Å². The number of aromatic amines is 1. The minimum atomic E-state index is 0.198. The van der Waals surface area contributed by atoms with Crippen LogP contribution in [0.4, 0.5) is 5.95 Å². The van der Waals surface area contributed by atoms with E-state index < -0.39 is 0 Å². The predicted molar refractivity (Wildman–Crippen MR) is 99.4 cm³/mol. The van der Waals surface area contributed by atoms with Gasteiger partial charge >= 0.3 is 0 Å². The van der Waals surface area contributed by atoms with Crippen LogP contribution in [0.25, 0.3) is 22.2 Å². The fourth-order valence-electron chi connectivity index (χ4n) is 3.46. The fraction of sp³-hybridized carbons (Fsp3) is 0.200. The number of nitrogens with one attached hydrogen (secondary N) is 1. The Balaban J connectivity index is 1.96. The molecule has 0 saturated heterocycles. The van der Waals surface area contributed by atoms with Crippen molar-refractivity contribution in [2.24, 2.45) is 0 Å². The monoisotopic (exact) mass is 332 g/mol. The molecule has 3 N–H and O–H groups in total. The Bertz CT molecular complexity index is 1030. The minimum Gasteiger partial charge on any atom is -0.369 e. The van der Waals surface area contributed by atoms with Crippen LogP contribution in [0.5, 0.6) is 0 Å². The van der Waals surface area contributed by atoms with Crippen molar-refractivity contribution in [2.45, 2.75) is 26.7 Å². The van der Waals surface area contributed by atoms with Gasteiger partial charge in [-0.05, 0) is 42.7 Å². The first-order chi connectivity index (χ1) is 12.0. The number of benzene rings is 2. The first-order valence-electron chi connectivity index (χ1n) is 8.32. The lowest BCUT2D eigenvalue weighted by Crippen LogP contribution is -1.98. The lowest BCUT2D eigenvalue weighted by Gasteiger charge is -2.15. The average Bonchev–Trinajstić information content (AvgIpc) is 3.15. The molecular weight excluding hydrogens is 312 g/mol. The fourth-order valence-corrected chi connectivity index (χ4v) is 3.46. The molecule has 0 saturated carbocycles. The topological polar surface area (TPSA) is 80.7 Å². The molecule has 0 aliphatic heterocycles. The second-order valence-corrected chi connectivity index (χ2v) is 6.41. The van der Waals surface area contributed by atoms with E-state index in [1.807, 2.05) is 26.0 Å². The normalized spacial score (nSPS) is 12.6. The molecule has 0 amide bonds. The van der Waals surface area contributed by atoms with Crippen LogP contribution in [0.3, 0.4) is 0 Å². The van der Waals surface area contributed by atoms with Crippen LogP contribution < -0.4 is 5.73 Å². The maximum atomic E-state index is 5.93. The molecule has 0 fully saturated rings. The van der Waals surface area contributed by atoms with Crippen molar-refractivity contribution in [3.63, 3.8) is 0 Å². The Morgan fingerprint density at radius 1 is 1.12 bits per heavy atom. The van der Waals surface area contributed by atoms with Crippen LogP contribution >= 0.6 is 0 Å². The highest BCUT2D eigenvalue weighted by molar-refractivity contribution is 5.88. The van der Waals surface area contributed by atoms with Gasteiger partial charge in [-0.15, -0.1) is 0 Å². The lowest BCUT2D eigenvalue weighted by molar-refractivity contribution is 0.393. The lowest BCUT2D eigenvalue weighted by atomic mass is 9.89. The predicted octanol–water partition coefficient (Wildman–Crippen LogP) is 4.57. The van der Waals surface area contributed by atoms with Gasteiger partial charge < -0.3 is 15.2 Å². The van der Waals surface area contributed by atoms with Crippen molar-refractivity contribution in [1.29, 1.82) is 0 Å². The molecule has 25 heavy (non-hydrogen) atoms. The third kappa shape index (κ3) is 2.58. The zero-order chi connectivity index (χ0) is 17.6. The molecular formula is C20H20N4O. The van der Waals surface area contributed by atoms with Gasteiger partial charge in [-0.2, -0.15) is 0 Å². The number of nitrogens with zero attached hydrogens (tertiary/aromatic N) is 2. The Morgan fingerprint density at radius 3 is 2.56 bits per heavy atom. The summed E-state index contributed by atoms with van der Waals surface area (Å²) in [5, 5.41) is 4.08. The number of aryl methyl sites for hydroxylation is 2. The molecule has 2 heterocycles. The number of hydrogen-bond donors (Lipinski definition) is 2. The molecule has 4 rings (SSSR count). The van der Waals surface area contributed by atoms with E-state index in [1.54, 1.807) is 0 Å². The standard InChI is InChI=1S/C20H20N4O/c1-11(14-7-5-4-6-8-14)16-9-15(18-12(2)24-25-13(18)3)10-17-19(16)23-20(21)22-17/h4-11H,1-3H3,(H3,21,22,23). The van der Waals surface area contributed by atoms with Crippen LogP contribution in [0.2, 0.25) is 0 Å². The molecule has 0 aliphatic rings. The summed E-state index contributed by atoms with van der Waals surface area (Å²) in [6, 6.07) is 14.6. The zero-order valence-corrected chi connectivity index (χ0v) is 14.5. The van der Waals surface area contributed by atoms with E-state index in [4.69, 9.17) is 10.3 Å². The van der Waals surface area contributed by atoms with Gasteiger partial charge in [-0.3, -0.25) is 0 Å². The van der Waals surface area contributed by atoms with E-state index in [9.17, 15) is 0 Å². The molecule has 126 valence electrons. The summed E-state index contributed by atoms with van der Waals surface area (Å²) in [5.41, 5.74) is 13.1. The quantitative estimate of drug-likeness (QED) is 0.576.